The fourth-order valence-corrected chi connectivity index (χ4v) is 2.58. The minimum absolute atomic E-state index is 0.117. The van der Waals surface area contributed by atoms with Gasteiger partial charge in [0, 0.05) is 12.6 Å². The number of hydrogen-bond acceptors (Lipinski definition) is 2. The van der Waals surface area contributed by atoms with Crippen molar-refractivity contribution in [2.75, 3.05) is 25.0 Å². The van der Waals surface area contributed by atoms with Gasteiger partial charge in [0.1, 0.15) is 5.82 Å². The number of benzene rings is 1. The molecule has 1 aromatic carbocycles. The van der Waals surface area contributed by atoms with Crippen LogP contribution in [0.2, 0.25) is 0 Å². The molecule has 0 bridgehead atoms. The van der Waals surface area contributed by atoms with E-state index in [-0.39, 0.29) is 11.7 Å². The molecule has 0 saturated carbocycles. The van der Waals surface area contributed by atoms with Crippen LogP contribution in [0.15, 0.2) is 18.2 Å². The standard InChI is InChI=1S/C15H20F4N2/c1-11(21-7-3-2-4-8-21)10-20-14-6-5-12(9-13(14)16)15(17,18)19/h5-6,9,11,20H,2-4,7-8,10H2,1H3. The van der Waals surface area contributed by atoms with Gasteiger partial charge < -0.3 is 5.32 Å². The quantitative estimate of drug-likeness (QED) is 0.841. The van der Waals surface area contributed by atoms with Gasteiger partial charge in [-0.15, -0.1) is 0 Å². The smallest absolute Gasteiger partial charge is 0.381 e. The molecule has 1 heterocycles. The Bertz CT molecular complexity index is 467. The second-order valence-corrected chi connectivity index (χ2v) is 5.52. The number of piperidine rings is 1. The van der Waals surface area contributed by atoms with Crippen molar-refractivity contribution in [3.8, 4) is 0 Å². The van der Waals surface area contributed by atoms with E-state index in [1.807, 2.05) is 6.92 Å². The molecule has 0 radical (unpaired) electrons. The summed E-state index contributed by atoms with van der Waals surface area (Å²) >= 11 is 0. The monoisotopic (exact) mass is 304 g/mol. The Labute approximate surface area is 122 Å². The van der Waals surface area contributed by atoms with Crippen molar-refractivity contribution in [3.05, 3.63) is 29.6 Å². The average Bonchev–Trinajstić information content (AvgIpc) is 2.45. The Balaban J connectivity index is 1.93. The number of rotatable bonds is 4. The molecule has 0 aromatic heterocycles. The molecule has 1 aromatic rings. The van der Waals surface area contributed by atoms with Gasteiger partial charge in [-0.3, -0.25) is 4.90 Å². The summed E-state index contributed by atoms with van der Waals surface area (Å²) in [5, 5.41) is 2.90. The Hall–Kier alpha value is -1.30. The minimum atomic E-state index is -4.51. The van der Waals surface area contributed by atoms with Crippen LogP contribution in [0.1, 0.15) is 31.7 Å². The van der Waals surface area contributed by atoms with Crippen LogP contribution in [-0.2, 0) is 6.18 Å². The zero-order chi connectivity index (χ0) is 15.5. The number of alkyl halides is 3. The molecule has 1 atom stereocenters. The Morgan fingerprint density at radius 1 is 1.19 bits per heavy atom. The van der Waals surface area contributed by atoms with Gasteiger partial charge >= 0.3 is 6.18 Å². The van der Waals surface area contributed by atoms with Crippen LogP contribution < -0.4 is 5.32 Å². The van der Waals surface area contributed by atoms with E-state index in [0.29, 0.717) is 12.6 Å². The highest BCUT2D eigenvalue weighted by molar-refractivity contribution is 5.47. The zero-order valence-corrected chi connectivity index (χ0v) is 12.0. The lowest BCUT2D eigenvalue weighted by molar-refractivity contribution is -0.137. The summed E-state index contributed by atoms with van der Waals surface area (Å²) in [7, 11) is 0. The first-order valence-corrected chi connectivity index (χ1v) is 7.22. The van der Waals surface area contributed by atoms with Crippen molar-refractivity contribution < 1.29 is 17.6 Å². The first-order chi connectivity index (χ1) is 9.88. The summed E-state index contributed by atoms with van der Waals surface area (Å²) in [6.07, 6.45) is -0.942. The van der Waals surface area contributed by atoms with Crippen LogP contribution in [0.3, 0.4) is 0 Å². The van der Waals surface area contributed by atoms with Crippen LogP contribution >= 0.6 is 0 Å². The van der Waals surface area contributed by atoms with Crippen molar-refractivity contribution in [1.82, 2.24) is 4.90 Å². The lowest BCUT2D eigenvalue weighted by Gasteiger charge is -2.32. The maximum atomic E-state index is 13.7. The van der Waals surface area contributed by atoms with Gasteiger partial charge in [0.15, 0.2) is 0 Å². The van der Waals surface area contributed by atoms with Gasteiger partial charge in [-0.05, 0) is 51.1 Å². The van der Waals surface area contributed by atoms with E-state index in [1.54, 1.807) is 0 Å². The number of likely N-dealkylation sites (tertiary alicyclic amines) is 1. The van der Waals surface area contributed by atoms with E-state index < -0.39 is 17.6 Å². The predicted octanol–water partition coefficient (Wildman–Crippen LogP) is 4.13. The molecule has 0 amide bonds. The molecular weight excluding hydrogens is 284 g/mol. The second kappa shape index (κ2) is 6.64. The Kier molecular flexibility index (Phi) is 5.08. The lowest BCUT2D eigenvalue weighted by atomic mass is 10.1. The summed E-state index contributed by atoms with van der Waals surface area (Å²) in [4.78, 5) is 2.32. The van der Waals surface area contributed by atoms with E-state index in [1.165, 1.54) is 19.3 Å². The molecule has 1 aliphatic rings. The van der Waals surface area contributed by atoms with Crippen LogP contribution in [0.4, 0.5) is 23.2 Å². The molecule has 1 fully saturated rings. The first-order valence-electron chi connectivity index (χ1n) is 7.22. The van der Waals surface area contributed by atoms with Crippen LogP contribution in [0.25, 0.3) is 0 Å². The summed E-state index contributed by atoms with van der Waals surface area (Å²) in [5.74, 6) is -0.865. The number of anilines is 1. The van der Waals surface area contributed by atoms with Gasteiger partial charge in [-0.1, -0.05) is 6.42 Å². The largest absolute Gasteiger partial charge is 0.416 e. The Morgan fingerprint density at radius 3 is 2.43 bits per heavy atom. The molecule has 2 rings (SSSR count). The van der Waals surface area contributed by atoms with E-state index >= 15 is 0 Å². The van der Waals surface area contributed by atoms with Crippen molar-refractivity contribution in [1.29, 1.82) is 0 Å². The van der Waals surface area contributed by atoms with Gasteiger partial charge in [0.2, 0.25) is 0 Å². The molecule has 1 aliphatic heterocycles. The molecule has 0 aliphatic carbocycles. The second-order valence-electron chi connectivity index (χ2n) is 5.52. The molecule has 6 heteroatoms. The van der Waals surface area contributed by atoms with Crippen molar-refractivity contribution >= 4 is 5.69 Å². The predicted molar refractivity (Wildman–Crippen MR) is 74.8 cm³/mol. The average molecular weight is 304 g/mol. The van der Waals surface area contributed by atoms with Gasteiger partial charge in [0.05, 0.1) is 11.3 Å². The number of nitrogens with one attached hydrogen (secondary N) is 1. The Morgan fingerprint density at radius 2 is 1.86 bits per heavy atom. The molecule has 2 nitrogen and oxygen atoms in total. The van der Waals surface area contributed by atoms with Crippen molar-refractivity contribution in [3.63, 3.8) is 0 Å². The number of nitrogens with zero attached hydrogens (tertiary/aromatic N) is 1. The van der Waals surface area contributed by atoms with Crippen LogP contribution in [-0.4, -0.2) is 30.6 Å². The highest BCUT2D eigenvalue weighted by Gasteiger charge is 2.31. The topological polar surface area (TPSA) is 15.3 Å². The maximum Gasteiger partial charge on any atom is 0.416 e. The van der Waals surface area contributed by atoms with Crippen molar-refractivity contribution in [2.24, 2.45) is 0 Å². The van der Waals surface area contributed by atoms with Gasteiger partial charge in [-0.25, -0.2) is 4.39 Å². The summed E-state index contributed by atoms with van der Waals surface area (Å²) < 4.78 is 51.1. The maximum absolute atomic E-state index is 13.7. The summed E-state index contributed by atoms with van der Waals surface area (Å²) in [6.45, 7) is 4.61. The van der Waals surface area contributed by atoms with E-state index in [0.717, 1.165) is 25.2 Å². The molecular formula is C15H20F4N2. The third kappa shape index (κ3) is 4.33. The molecule has 1 unspecified atom stereocenters. The van der Waals surface area contributed by atoms with Crippen molar-refractivity contribution in [2.45, 2.75) is 38.4 Å². The number of hydrogen-bond donors (Lipinski definition) is 1. The first kappa shape index (κ1) is 16.1. The zero-order valence-electron chi connectivity index (χ0n) is 12.0. The molecule has 1 N–H and O–H groups in total. The van der Waals surface area contributed by atoms with Crippen LogP contribution in [0.5, 0.6) is 0 Å². The third-order valence-electron chi connectivity index (χ3n) is 3.90. The fraction of sp³-hybridized carbons (Fsp3) is 0.600. The SMILES string of the molecule is CC(CNc1ccc(C(F)(F)F)cc1F)N1CCCCC1. The highest BCUT2D eigenvalue weighted by Crippen LogP contribution is 2.31. The molecule has 21 heavy (non-hydrogen) atoms. The van der Waals surface area contributed by atoms with Gasteiger partial charge in [0.25, 0.3) is 0 Å². The fourth-order valence-electron chi connectivity index (χ4n) is 2.58. The normalized spacial score (nSPS) is 18.5. The molecule has 0 spiro atoms. The molecule has 1 saturated heterocycles. The third-order valence-corrected chi connectivity index (χ3v) is 3.90. The van der Waals surface area contributed by atoms with E-state index in [9.17, 15) is 17.6 Å². The number of halogens is 4. The minimum Gasteiger partial charge on any atom is -0.381 e. The van der Waals surface area contributed by atoms with Crippen LogP contribution in [0, 0.1) is 5.82 Å². The lowest BCUT2D eigenvalue weighted by Crippen LogP contribution is -2.41. The summed E-state index contributed by atoms with van der Waals surface area (Å²) in [5.41, 5.74) is -0.846. The van der Waals surface area contributed by atoms with E-state index in [4.69, 9.17) is 0 Å². The molecule has 118 valence electrons. The van der Waals surface area contributed by atoms with E-state index in [2.05, 4.69) is 10.2 Å². The van der Waals surface area contributed by atoms with Gasteiger partial charge in [-0.2, -0.15) is 13.2 Å². The highest BCUT2D eigenvalue weighted by atomic mass is 19.4. The summed E-state index contributed by atoms with van der Waals surface area (Å²) in [6, 6.07) is 2.82.